The van der Waals surface area contributed by atoms with E-state index in [0.29, 0.717) is 32.7 Å². The van der Waals surface area contributed by atoms with E-state index in [4.69, 9.17) is 9.84 Å². The fraction of sp³-hybridized carbons (Fsp3) is 0.500. The topological polar surface area (TPSA) is 113 Å². The highest BCUT2D eigenvalue weighted by Gasteiger charge is 2.30. The van der Waals surface area contributed by atoms with Gasteiger partial charge in [-0.1, -0.05) is 13.0 Å². The summed E-state index contributed by atoms with van der Waals surface area (Å²) in [5.74, 6) is -1.64. The second kappa shape index (κ2) is 8.43. The average Bonchev–Trinajstić information content (AvgIpc) is 2.60. The highest BCUT2D eigenvalue weighted by molar-refractivity contribution is 6.02. The van der Waals surface area contributed by atoms with Gasteiger partial charge in [-0.2, -0.15) is 0 Å². The minimum absolute atomic E-state index is 0.144. The molecule has 9 heteroatoms. The molecule has 9 nitrogen and oxygen atoms in total. The predicted molar refractivity (Wildman–Crippen MR) is 90.0 cm³/mol. The number of hydrogen-bond donors (Lipinski definition) is 1. The molecule has 1 N–H and O–H groups in total. The van der Waals surface area contributed by atoms with E-state index in [0.717, 1.165) is 0 Å². The molecule has 1 aromatic carbocycles. The fourth-order valence-corrected chi connectivity index (χ4v) is 2.83. The third-order valence-electron chi connectivity index (χ3n) is 3.88. The van der Waals surface area contributed by atoms with Crippen molar-refractivity contribution < 1.29 is 24.4 Å². The minimum atomic E-state index is -1.12. The maximum atomic E-state index is 12.9. The molecule has 25 heavy (non-hydrogen) atoms. The number of carboxylic acids is 1. The molecule has 2 rings (SSSR count). The summed E-state index contributed by atoms with van der Waals surface area (Å²) in [5, 5.41) is 20.5. The summed E-state index contributed by atoms with van der Waals surface area (Å²) in [6.07, 6.45) is 0.584. The van der Waals surface area contributed by atoms with Crippen LogP contribution in [0.5, 0.6) is 0 Å². The van der Waals surface area contributed by atoms with E-state index in [1.807, 2.05) is 6.92 Å². The van der Waals surface area contributed by atoms with Crippen LogP contribution in [0.15, 0.2) is 18.2 Å². The number of aliphatic carboxylic acids is 1. The highest BCUT2D eigenvalue weighted by atomic mass is 16.6. The lowest BCUT2D eigenvalue weighted by Gasteiger charge is -2.31. The van der Waals surface area contributed by atoms with E-state index in [2.05, 4.69) is 0 Å². The summed E-state index contributed by atoms with van der Waals surface area (Å²) in [4.78, 5) is 37.8. The average molecular weight is 351 g/mol. The Morgan fingerprint density at radius 1 is 1.36 bits per heavy atom. The number of carbonyl (C=O) groups is 2. The van der Waals surface area contributed by atoms with E-state index in [1.54, 1.807) is 4.90 Å². The smallest absolute Gasteiger partial charge is 0.323 e. The van der Waals surface area contributed by atoms with Gasteiger partial charge in [0.25, 0.3) is 11.6 Å². The number of anilines is 1. The number of benzene rings is 1. The van der Waals surface area contributed by atoms with Crippen molar-refractivity contribution in [3.05, 3.63) is 33.9 Å². The number of para-hydroxylation sites is 1. The molecule has 0 aliphatic carbocycles. The molecule has 1 amide bonds. The van der Waals surface area contributed by atoms with Gasteiger partial charge in [-0.25, -0.2) is 0 Å². The molecular formula is C16H21N3O6. The number of rotatable bonds is 7. The Morgan fingerprint density at radius 3 is 2.60 bits per heavy atom. The molecule has 0 saturated carbocycles. The van der Waals surface area contributed by atoms with Crippen LogP contribution < -0.4 is 4.90 Å². The van der Waals surface area contributed by atoms with Crippen molar-refractivity contribution in [3.63, 3.8) is 0 Å². The second-order valence-electron chi connectivity index (χ2n) is 5.65. The summed E-state index contributed by atoms with van der Waals surface area (Å²) in [6.45, 7) is 3.32. The van der Waals surface area contributed by atoms with E-state index in [9.17, 15) is 19.7 Å². The van der Waals surface area contributed by atoms with Gasteiger partial charge in [-0.05, 0) is 12.5 Å². The minimum Gasteiger partial charge on any atom is -0.480 e. The van der Waals surface area contributed by atoms with E-state index < -0.39 is 23.3 Å². The number of nitro benzene ring substituents is 1. The normalized spacial score (nSPS) is 14.2. The first-order valence-corrected chi connectivity index (χ1v) is 8.06. The first-order chi connectivity index (χ1) is 12.0. The van der Waals surface area contributed by atoms with E-state index >= 15 is 0 Å². The van der Waals surface area contributed by atoms with E-state index in [-0.39, 0.29) is 23.5 Å². The Bertz CT molecular complexity index is 657. The monoisotopic (exact) mass is 351 g/mol. The molecule has 1 saturated heterocycles. The molecule has 0 atom stereocenters. The fourth-order valence-electron chi connectivity index (χ4n) is 2.83. The van der Waals surface area contributed by atoms with Crippen molar-refractivity contribution in [2.45, 2.75) is 13.3 Å². The SMILES string of the molecule is CCCN(CC(=O)O)C(=O)c1cccc([N+](=O)[O-])c1N1CCOCC1. The number of nitro groups is 1. The van der Waals surface area contributed by atoms with Crippen LogP contribution >= 0.6 is 0 Å². The number of carbonyl (C=O) groups excluding carboxylic acids is 1. The van der Waals surface area contributed by atoms with Crippen LogP contribution in [0.25, 0.3) is 0 Å². The van der Waals surface area contributed by atoms with Crippen LogP contribution in [0.1, 0.15) is 23.7 Å². The van der Waals surface area contributed by atoms with Crippen LogP contribution in [0, 0.1) is 10.1 Å². The van der Waals surface area contributed by atoms with Gasteiger partial charge in [0.05, 0.1) is 23.7 Å². The Kier molecular flexibility index (Phi) is 6.29. The summed E-state index contributed by atoms with van der Waals surface area (Å²) >= 11 is 0. The molecule has 1 aliphatic rings. The van der Waals surface area contributed by atoms with Crippen molar-refractivity contribution in [3.8, 4) is 0 Å². The maximum absolute atomic E-state index is 12.9. The summed E-state index contributed by atoms with van der Waals surface area (Å²) in [5.41, 5.74) is 0.206. The summed E-state index contributed by atoms with van der Waals surface area (Å²) < 4.78 is 5.28. The lowest BCUT2D eigenvalue weighted by atomic mass is 10.1. The van der Waals surface area contributed by atoms with Gasteiger partial charge >= 0.3 is 5.97 Å². The maximum Gasteiger partial charge on any atom is 0.323 e. The number of amides is 1. The molecule has 1 aromatic rings. The van der Waals surface area contributed by atoms with Crippen molar-refractivity contribution in [2.75, 3.05) is 44.3 Å². The van der Waals surface area contributed by atoms with Crippen molar-refractivity contribution in [1.29, 1.82) is 0 Å². The third-order valence-corrected chi connectivity index (χ3v) is 3.88. The van der Waals surface area contributed by atoms with Crippen LogP contribution in [0.2, 0.25) is 0 Å². The second-order valence-corrected chi connectivity index (χ2v) is 5.65. The summed E-state index contributed by atoms with van der Waals surface area (Å²) in [7, 11) is 0. The molecule has 0 unspecified atom stereocenters. The molecule has 1 heterocycles. The lowest BCUT2D eigenvalue weighted by Crippen LogP contribution is -2.40. The first-order valence-electron chi connectivity index (χ1n) is 8.06. The van der Waals surface area contributed by atoms with Crippen LogP contribution in [0.4, 0.5) is 11.4 Å². The number of hydrogen-bond acceptors (Lipinski definition) is 6. The Labute approximate surface area is 144 Å². The molecule has 1 aliphatic heterocycles. The molecule has 0 bridgehead atoms. The van der Waals surface area contributed by atoms with Gasteiger partial charge in [-0.3, -0.25) is 19.7 Å². The Balaban J connectivity index is 2.47. The van der Waals surface area contributed by atoms with Gasteiger partial charge in [-0.15, -0.1) is 0 Å². The van der Waals surface area contributed by atoms with Crippen molar-refractivity contribution in [2.24, 2.45) is 0 Å². The zero-order valence-corrected chi connectivity index (χ0v) is 14.0. The van der Waals surface area contributed by atoms with Crippen LogP contribution in [0.3, 0.4) is 0 Å². The molecule has 0 spiro atoms. The van der Waals surface area contributed by atoms with Gasteiger partial charge in [0.2, 0.25) is 0 Å². The van der Waals surface area contributed by atoms with Gasteiger partial charge < -0.3 is 19.6 Å². The number of ether oxygens (including phenoxy) is 1. The van der Waals surface area contributed by atoms with Gasteiger partial charge in [0.1, 0.15) is 12.2 Å². The van der Waals surface area contributed by atoms with Crippen LogP contribution in [-0.4, -0.2) is 66.2 Å². The molecule has 1 fully saturated rings. The zero-order valence-electron chi connectivity index (χ0n) is 14.0. The quantitative estimate of drug-likeness (QED) is 0.583. The van der Waals surface area contributed by atoms with Crippen molar-refractivity contribution in [1.82, 2.24) is 4.90 Å². The predicted octanol–water partition coefficient (Wildman–Crippen LogP) is 1.37. The Hall–Kier alpha value is -2.68. The van der Waals surface area contributed by atoms with E-state index in [1.165, 1.54) is 23.1 Å². The Morgan fingerprint density at radius 2 is 2.04 bits per heavy atom. The first kappa shape index (κ1) is 18.7. The lowest BCUT2D eigenvalue weighted by molar-refractivity contribution is -0.384. The van der Waals surface area contributed by atoms with Gasteiger partial charge in [0.15, 0.2) is 0 Å². The molecule has 0 radical (unpaired) electrons. The number of nitrogens with zero attached hydrogens (tertiary/aromatic N) is 3. The highest BCUT2D eigenvalue weighted by Crippen LogP contribution is 2.33. The largest absolute Gasteiger partial charge is 0.480 e. The number of carboxylic acid groups (broad SMARTS) is 1. The molecule has 0 aromatic heterocycles. The van der Waals surface area contributed by atoms with Crippen LogP contribution in [-0.2, 0) is 9.53 Å². The van der Waals surface area contributed by atoms with Gasteiger partial charge in [0, 0.05) is 25.7 Å². The molecular weight excluding hydrogens is 330 g/mol. The molecule has 136 valence electrons. The van der Waals surface area contributed by atoms with Crippen molar-refractivity contribution >= 4 is 23.3 Å². The summed E-state index contributed by atoms with van der Waals surface area (Å²) in [6, 6.07) is 4.30. The standard InChI is InChI=1S/C16H21N3O6/c1-2-6-18(11-14(20)21)16(22)12-4-3-5-13(19(23)24)15(12)17-7-9-25-10-8-17/h3-5H,2,6-11H2,1H3,(H,20,21). The zero-order chi connectivity index (χ0) is 18.4. The third kappa shape index (κ3) is 4.44. The number of morpholine rings is 1.